The lowest BCUT2D eigenvalue weighted by molar-refractivity contribution is -0.114. The van der Waals surface area contributed by atoms with Gasteiger partial charge in [0.2, 0.25) is 5.91 Å². The Morgan fingerprint density at radius 3 is 2.49 bits per heavy atom. The molecule has 0 aliphatic carbocycles. The van der Waals surface area contributed by atoms with Crippen LogP contribution in [-0.4, -0.2) is 47.6 Å². The van der Waals surface area contributed by atoms with E-state index in [1.54, 1.807) is 60.8 Å². The summed E-state index contributed by atoms with van der Waals surface area (Å²) in [4.78, 5) is 20.4. The van der Waals surface area contributed by atoms with Crippen molar-refractivity contribution in [3.8, 4) is 34.2 Å². The monoisotopic (exact) mass is 593 g/mol. The summed E-state index contributed by atoms with van der Waals surface area (Å²) in [7, 11) is -4.09. The van der Waals surface area contributed by atoms with Gasteiger partial charge in [-0.15, -0.1) is 0 Å². The number of nitrogens with one attached hydrogen (secondary N) is 1. The predicted molar refractivity (Wildman–Crippen MR) is 161 cm³/mol. The summed E-state index contributed by atoms with van der Waals surface area (Å²) < 4.78 is 40.9. The minimum absolute atomic E-state index is 0.0234. The Hall–Kier alpha value is -5.05. The largest absolute Gasteiger partial charge is 0.489 e. The lowest BCUT2D eigenvalue weighted by atomic mass is 10.0. The topological polar surface area (TPSA) is 136 Å². The lowest BCUT2D eigenvalue weighted by Crippen LogP contribution is -2.26. The maximum atomic E-state index is 14.1. The third-order valence-corrected chi connectivity index (χ3v) is 8.90. The van der Waals surface area contributed by atoms with Gasteiger partial charge in [0.15, 0.2) is 5.65 Å². The molecule has 1 fully saturated rings. The Balaban J connectivity index is 1.50. The van der Waals surface area contributed by atoms with E-state index in [1.165, 1.54) is 29.2 Å². The molecule has 2 aromatic carbocycles. The highest BCUT2D eigenvalue weighted by molar-refractivity contribution is 7.90. The second-order valence-electron chi connectivity index (χ2n) is 10.1. The van der Waals surface area contributed by atoms with Crippen LogP contribution in [0.4, 0.5) is 5.82 Å². The minimum Gasteiger partial charge on any atom is -0.489 e. The number of ether oxygens (including phenoxy) is 2. The number of benzene rings is 2. The van der Waals surface area contributed by atoms with Gasteiger partial charge in [-0.25, -0.2) is 22.4 Å². The number of carbonyl (C=O) groups excluding carboxylic acids is 1. The van der Waals surface area contributed by atoms with Gasteiger partial charge in [0.05, 0.1) is 29.4 Å². The van der Waals surface area contributed by atoms with Crippen molar-refractivity contribution in [2.75, 3.05) is 18.5 Å². The third-order valence-electron chi connectivity index (χ3n) is 7.18. The molecule has 216 valence electrons. The molecular formula is C32H27N5O5S. The molecule has 43 heavy (non-hydrogen) atoms. The van der Waals surface area contributed by atoms with E-state index in [0.717, 1.165) is 12.8 Å². The van der Waals surface area contributed by atoms with E-state index in [2.05, 4.69) is 21.4 Å². The zero-order valence-electron chi connectivity index (χ0n) is 23.2. The van der Waals surface area contributed by atoms with Crippen LogP contribution in [0, 0.1) is 11.3 Å². The molecule has 0 atom stereocenters. The number of nitrogens with zero attached hydrogens (tertiary/aromatic N) is 4. The Bertz CT molecular complexity index is 1960. The summed E-state index contributed by atoms with van der Waals surface area (Å²) in [6.07, 6.45) is 4.54. The first-order valence-electron chi connectivity index (χ1n) is 13.7. The second-order valence-corrected chi connectivity index (χ2v) is 11.9. The van der Waals surface area contributed by atoms with Gasteiger partial charge in [-0.3, -0.25) is 4.79 Å². The number of hydrogen-bond acceptors (Lipinski definition) is 8. The van der Waals surface area contributed by atoms with Gasteiger partial charge in [0.1, 0.15) is 23.7 Å². The number of anilines is 1. The Morgan fingerprint density at radius 2 is 1.79 bits per heavy atom. The highest BCUT2D eigenvalue weighted by Crippen LogP contribution is 2.37. The molecule has 3 aromatic heterocycles. The molecule has 0 radical (unpaired) electrons. The molecule has 5 aromatic rings. The van der Waals surface area contributed by atoms with E-state index in [4.69, 9.17) is 9.47 Å². The van der Waals surface area contributed by atoms with Crippen LogP contribution in [-0.2, 0) is 19.6 Å². The van der Waals surface area contributed by atoms with Crippen LogP contribution in [0.1, 0.15) is 25.3 Å². The summed E-state index contributed by atoms with van der Waals surface area (Å²) >= 11 is 0. The molecule has 4 heterocycles. The molecule has 6 rings (SSSR count). The predicted octanol–water partition coefficient (Wildman–Crippen LogP) is 5.39. The zero-order valence-corrected chi connectivity index (χ0v) is 24.0. The van der Waals surface area contributed by atoms with Crippen molar-refractivity contribution in [2.24, 2.45) is 0 Å². The van der Waals surface area contributed by atoms with Crippen LogP contribution >= 0.6 is 0 Å². The van der Waals surface area contributed by atoms with E-state index < -0.39 is 10.0 Å². The highest BCUT2D eigenvalue weighted by atomic mass is 32.2. The van der Waals surface area contributed by atoms with E-state index >= 15 is 0 Å². The number of amides is 1. The molecule has 0 saturated carbocycles. The van der Waals surface area contributed by atoms with Gasteiger partial charge in [-0.05, 0) is 59.7 Å². The van der Waals surface area contributed by atoms with Gasteiger partial charge >= 0.3 is 0 Å². The van der Waals surface area contributed by atoms with Crippen molar-refractivity contribution in [3.63, 3.8) is 0 Å². The average Bonchev–Trinajstić information content (AvgIpc) is 3.43. The SMILES string of the molecule is CC(=O)Nc1ccc(-c2cc3c(-c4ccc(OC5CCOCC5)c(C#N)c4)ccnc3n2S(=O)(=O)c2ccccc2)cn1. The first kappa shape index (κ1) is 28.1. The number of pyridine rings is 2. The van der Waals surface area contributed by atoms with Crippen molar-refractivity contribution < 1.29 is 22.7 Å². The van der Waals surface area contributed by atoms with Gasteiger partial charge in [-0.2, -0.15) is 5.26 Å². The summed E-state index contributed by atoms with van der Waals surface area (Å²) in [6.45, 7) is 2.63. The smallest absolute Gasteiger partial charge is 0.269 e. The molecule has 11 heteroatoms. The number of rotatable bonds is 7. The van der Waals surface area contributed by atoms with Crippen molar-refractivity contribution in [3.05, 3.63) is 90.8 Å². The fourth-order valence-electron chi connectivity index (χ4n) is 5.13. The van der Waals surface area contributed by atoms with Crippen LogP contribution in [0.5, 0.6) is 5.75 Å². The molecule has 10 nitrogen and oxygen atoms in total. The molecule has 1 aliphatic heterocycles. The number of carbonyl (C=O) groups is 1. The highest BCUT2D eigenvalue weighted by Gasteiger charge is 2.26. The maximum absolute atomic E-state index is 14.1. The number of aromatic nitrogens is 3. The Labute approximate surface area is 248 Å². The summed E-state index contributed by atoms with van der Waals surface area (Å²) in [5.41, 5.74) is 2.87. The van der Waals surface area contributed by atoms with Crippen LogP contribution in [0.25, 0.3) is 33.4 Å². The first-order valence-corrected chi connectivity index (χ1v) is 15.1. The van der Waals surface area contributed by atoms with Crippen molar-refractivity contribution >= 4 is 32.8 Å². The summed E-state index contributed by atoms with van der Waals surface area (Å²) in [5.74, 6) is 0.574. The van der Waals surface area contributed by atoms with Gasteiger partial charge in [0.25, 0.3) is 10.0 Å². The number of nitriles is 1. The van der Waals surface area contributed by atoms with Crippen molar-refractivity contribution in [2.45, 2.75) is 30.8 Å². The standard InChI is InChI=1S/C32H27N5O5S/c1-21(38)36-31-10-8-23(20-35-31)29-18-28-27(11-14-34-32(28)37(29)43(39,40)26-5-3-2-4-6-26)22-7-9-30(24(17-22)19-33)42-25-12-15-41-16-13-25/h2-11,14,17-18,20,25H,12-13,15-16H2,1H3,(H,35,36,38). The van der Waals surface area contributed by atoms with E-state index in [-0.39, 0.29) is 22.6 Å². The molecule has 0 unspecified atom stereocenters. The van der Waals surface area contributed by atoms with Crippen molar-refractivity contribution in [1.29, 1.82) is 5.26 Å². The van der Waals surface area contributed by atoms with Crippen LogP contribution < -0.4 is 10.1 Å². The van der Waals surface area contributed by atoms with E-state index in [0.29, 0.717) is 58.1 Å². The first-order chi connectivity index (χ1) is 20.8. The van der Waals surface area contributed by atoms with E-state index in [9.17, 15) is 18.5 Å². The zero-order chi connectivity index (χ0) is 30.0. The molecule has 1 aliphatic rings. The van der Waals surface area contributed by atoms with Crippen LogP contribution in [0.2, 0.25) is 0 Å². The molecule has 1 saturated heterocycles. The molecular weight excluding hydrogens is 566 g/mol. The minimum atomic E-state index is -4.09. The van der Waals surface area contributed by atoms with Gasteiger partial charge in [-0.1, -0.05) is 24.3 Å². The van der Waals surface area contributed by atoms with Gasteiger partial charge in [0, 0.05) is 43.1 Å². The fourth-order valence-corrected chi connectivity index (χ4v) is 6.63. The number of hydrogen-bond donors (Lipinski definition) is 1. The van der Waals surface area contributed by atoms with E-state index in [1.807, 2.05) is 6.07 Å². The summed E-state index contributed by atoms with van der Waals surface area (Å²) in [5, 5.41) is 13.2. The molecule has 0 spiro atoms. The fraction of sp³-hybridized carbons (Fsp3) is 0.188. The third kappa shape index (κ3) is 5.58. The molecule has 1 amide bonds. The van der Waals surface area contributed by atoms with Crippen molar-refractivity contribution in [1.82, 2.24) is 13.9 Å². The lowest BCUT2D eigenvalue weighted by Gasteiger charge is -2.23. The quantitative estimate of drug-likeness (QED) is 0.265. The maximum Gasteiger partial charge on any atom is 0.269 e. The number of fused-ring (bicyclic) bond motifs is 1. The molecule has 0 bridgehead atoms. The second kappa shape index (κ2) is 11.7. The Morgan fingerprint density at radius 1 is 1.02 bits per heavy atom. The Kier molecular flexibility index (Phi) is 7.63. The average molecular weight is 594 g/mol. The summed E-state index contributed by atoms with van der Waals surface area (Å²) in [6, 6.07) is 22.6. The molecule has 1 N–H and O–H groups in total. The van der Waals surface area contributed by atoms with Crippen LogP contribution in [0.15, 0.2) is 90.1 Å². The normalized spacial score (nSPS) is 13.9. The van der Waals surface area contributed by atoms with Gasteiger partial charge < -0.3 is 14.8 Å². The van der Waals surface area contributed by atoms with Crippen LogP contribution in [0.3, 0.4) is 0 Å².